The van der Waals surface area contributed by atoms with Crippen LogP contribution in [0.3, 0.4) is 0 Å². The quantitative estimate of drug-likeness (QED) is 0.415. The summed E-state index contributed by atoms with van der Waals surface area (Å²) in [7, 11) is 3.43. The van der Waals surface area contributed by atoms with Crippen molar-refractivity contribution < 1.29 is 19.1 Å². The fraction of sp³-hybridized carbons (Fsp3) is 0.639. The molecule has 3 aliphatic heterocycles. The van der Waals surface area contributed by atoms with Crippen LogP contribution in [0.4, 0.5) is 23.0 Å². The number of ether oxygens (including phenoxy) is 2. The first-order chi connectivity index (χ1) is 22.9. The topological polar surface area (TPSA) is 103 Å². The molecule has 1 atom stereocenters. The van der Waals surface area contributed by atoms with Crippen LogP contribution < -0.4 is 25.2 Å². The third-order valence-corrected chi connectivity index (χ3v) is 11.0. The van der Waals surface area contributed by atoms with Gasteiger partial charge in [-0.2, -0.15) is 0 Å². The number of carbonyl (C=O) groups excluding carboxylic acids is 2. The van der Waals surface area contributed by atoms with Crippen molar-refractivity contribution in [3.05, 3.63) is 35.9 Å². The Kier molecular flexibility index (Phi) is 9.56. The lowest BCUT2D eigenvalue weighted by molar-refractivity contribution is -0.119. The highest BCUT2D eigenvalue weighted by molar-refractivity contribution is 6.04. The first-order valence-corrected chi connectivity index (χ1v) is 17.7. The molecule has 2 saturated carbocycles. The number of methoxy groups -OCH3 is 1. The van der Waals surface area contributed by atoms with E-state index in [1.807, 2.05) is 38.2 Å². The maximum Gasteiger partial charge on any atom is 0.251 e. The van der Waals surface area contributed by atoms with Gasteiger partial charge in [-0.15, -0.1) is 0 Å². The highest BCUT2D eigenvalue weighted by Crippen LogP contribution is 2.39. The number of hydrogen-bond acceptors (Lipinski definition) is 9. The Morgan fingerprint density at radius 3 is 2.40 bits per heavy atom. The smallest absolute Gasteiger partial charge is 0.251 e. The third-order valence-electron chi connectivity index (χ3n) is 11.0. The van der Waals surface area contributed by atoms with Crippen molar-refractivity contribution in [3.63, 3.8) is 0 Å². The summed E-state index contributed by atoms with van der Waals surface area (Å²) < 4.78 is 11.3. The summed E-state index contributed by atoms with van der Waals surface area (Å²) in [5.74, 6) is 2.97. The fourth-order valence-electron chi connectivity index (χ4n) is 8.02. The number of piperazine rings is 1. The van der Waals surface area contributed by atoms with E-state index in [9.17, 15) is 9.59 Å². The molecule has 47 heavy (non-hydrogen) atoms. The summed E-state index contributed by atoms with van der Waals surface area (Å²) in [6.45, 7) is 9.38. The van der Waals surface area contributed by atoms with Crippen LogP contribution in [0.2, 0.25) is 0 Å². The summed E-state index contributed by atoms with van der Waals surface area (Å²) >= 11 is 0. The van der Waals surface area contributed by atoms with Crippen LogP contribution in [0.25, 0.3) is 0 Å². The summed E-state index contributed by atoms with van der Waals surface area (Å²) in [4.78, 5) is 40.6. The van der Waals surface area contributed by atoms with E-state index < -0.39 is 0 Å². The number of aromatic nitrogens is 1. The first kappa shape index (κ1) is 32.2. The van der Waals surface area contributed by atoms with Gasteiger partial charge in [-0.05, 0) is 94.5 Å². The second-order valence-corrected chi connectivity index (χ2v) is 14.2. The standard InChI is InChI=1S/C36H51N7O4/c1-24-36(45)40(2)31-12-13-33(39-34(31)43(24)29-14-20-47-21-15-29)38-30-11-6-26(22-32(30)46-3)35(44)37-27-7-9-28(10-8-27)42-18-16-41(17-19-42)23-25-4-5-25/h6,11-13,22,24-25,27-29H,4-5,7-10,14-21,23H2,1-3H3,(H,37,44)(H,38,39)/t24-,27-,28-/m1/s1. The molecule has 5 aliphatic rings. The van der Waals surface area contributed by atoms with E-state index in [1.54, 1.807) is 18.1 Å². The number of pyridine rings is 1. The van der Waals surface area contributed by atoms with Gasteiger partial charge >= 0.3 is 0 Å². The van der Waals surface area contributed by atoms with E-state index >= 15 is 0 Å². The molecule has 4 heterocycles. The van der Waals surface area contributed by atoms with E-state index in [0.29, 0.717) is 36.4 Å². The van der Waals surface area contributed by atoms with Gasteiger partial charge in [0.25, 0.3) is 5.91 Å². The molecule has 2 aliphatic carbocycles. The molecule has 0 bridgehead atoms. The fourth-order valence-corrected chi connectivity index (χ4v) is 8.02. The molecule has 4 fully saturated rings. The molecule has 0 spiro atoms. The van der Waals surface area contributed by atoms with Gasteiger partial charge < -0.3 is 34.8 Å². The number of nitrogens with one attached hydrogen (secondary N) is 2. The average Bonchev–Trinajstić information content (AvgIpc) is 3.93. The zero-order valence-electron chi connectivity index (χ0n) is 28.2. The molecule has 2 aromatic rings. The number of hydrogen-bond donors (Lipinski definition) is 2. The number of carbonyl (C=O) groups is 2. The zero-order chi connectivity index (χ0) is 32.5. The number of anilines is 4. The lowest BCUT2D eigenvalue weighted by atomic mass is 9.89. The van der Waals surface area contributed by atoms with Crippen molar-refractivity contribution in [1.82, 2.24) is 20.1 Å². The number of fused-ring (bicyclic) bond motifs is 1. The summed E-state index contributed by atoms with van der Waals surface area (Å²) in [6, 6.07) is 10.1. The van der Waals surface area contributed by atoms with Crippen molar-refractivity contribution in [3.8, 4) is 5.75 Å². The monoisotopic (exact) mass is 645 g/mol. The Morgan fingerprint density at radius 2 is 1.70 bits per heavy atom. The lowest BCUT2D eigenvalue weighted by Gasteiger charge is -2.44. The number of amides is 2. The van der Waals surface area contributed by atoms with Gasteiger partial charge in [-0.3, -0.25) is 14.5 Å². The van der Waals surface area contributed by atoms with Gasteiger partial charge in [0, 0.05) is 76.7 Å². The van der Waals surface area contributed by atoms with E-state index in [-0.39, 0.29) is 29.9 Å². The van der Waals surface area contributed by atoms with Crippen LogP contribution in [-0.2, 0) is 9.53 Å². The number of rotatable bonds is 9. The molecule has 2 amide bonds. The van der Waals surface area contributed by atoms with Crippen LogP contribution in [0, 0.1) is 5.92 Å². The van der Waals surface area contributed by atoms with Crippen LogP contribution >= 0.6 is 0 Å². The average molecular weight is 646 g/mol. The van der Waals surface area contributed by atoms with Crippen molar-refractivity contribution in [2.75, 3.05) is 75.2 Å². The van der Waals surface area contributed by atoms with Gasteiger partial charge in [0.05, 0.1) is 18.5 Å². The number of benzene rings is 1. The Labute approximate surface area is 278 Å². The van der Waals surface area contributed by atoms with Crippen molar-refractivity contribution in [2.24, 2.45) is 5.92 Å². The molecule has 11 nitrogen and oxygen atoms in total. The van der Waals surface area contributed by atoms with Gasteiger partial charge in [0.1, 0.15) is 17.6 Å². The van der Waals surface area contributed by atoms with E-state index in [2.05, 4.69) is 25.3 Å². The Balaban J connectivity index is 0.968. The molecule has 2 N–H and O–H groups in total. The molecular weight excluding hydrogens is 594 g/mol. The minimum Gasteiger partial charge on any atom is -0.495 e. The minimum absolute atomic E-state index is 0.0623. The first-order valence-electron chi connectivity index (χ1n) is 17.7. The third kappa shape index (κ3) is 7.07. The molecule has 0 radical (unpaired) electrons. The predicted molar refractivity (Wildman–Crippen MR) is 184 cm³/mol. The second kappa shape index (κ2) is 14.0. The second-order valence-electron chi connectivity index (χ2n) is 14.2. The molecule has 11 heteroatoms. The van der Waals surface area contributed by atoms with Gasteiger partial charge in [-0.25, -0.2) is 4.98 Å². The highest BCUT2D eigenvalue weighted by atomic mass is 16.5. The van der Waals surface area contributed by atoms with E-state index in [0.717, 1.165) is 61.6 Å². The molecule has 1 aromatic heterocycles. The SMILES string of the molecule is COc1cc(C(=O)N[C@H]2CC[C@H](N3CCN(CC4CC4)CC3)CC2)ccc1Nc1ccc2c(n1)N(C1CCOCC1)[C@H](C)C(=O)N2C. The van der Waals surface area contributed by atoms with Crippen LogP contribution in [0.15, 0.2) is 30.3 Å². The number of nitrogens with zero attached hydrogens (tertiary/aromatic N) is 5. The van der Waals surface area contributed by atoms with Gasteiger partial charge in [-0.1, -0.05) is 0 Å². The van der Waals surface area contributed by atoms with Crippen LogP contribution in [0.5, 0.6) is 5.75 Å². The zero-order valence-corrected chi connectivity index (χ0v) is 28.2. The summed E-state index contributed by atoms with van der Waals surface area (Å²) in [5, 5.41) is 6.70. The van der Waals surface area contributed by atoms with Crippen LogP contribution in [-0.4, -0.2) is 111 Å². The summed E-state index contributed by atoms with van der Waals surface area (Å²) in [5.41, 5.74) is 2.10. The minimum atomic E-state index is -0.312. The molecule has 2 saturated heterocycles. The van der Waals surface area contributed by atoms with Crippen LogP contribution in [0.1, 0.15) is 68.6 Å². The molecule has 254 valence electrons. The van der Waals surface area contributed by atoms with Gasteiger partial charge in [0.15, 0.2) is 5.82 Å². The maximum atomic E-state index is 13.3. The largest absolute Gasteiger partial charge is 0.495 e. The van der Waals surface area contributed by atoms with Crippen molar-refractivity contribution in [2.45, 2.75) is 82.5 Å². The molecule has 0 unspecified atom stereocenters. The number of likely N-dealkylation sites (N-methyl/N-ethyl adjacent to an activating group) is 1. The van der Waals surface area contributed by atoms with E-state index in [4.69, 9.17) is 14.5 Å². The maximum absolute atomic E-state index is 13.3. The van der Waals surface area contributed by atoms with Crippen molar-refractivity contribution in [1.29, 1.82) is 0 Å². The molecule has 7 rings (SSSR count). The van der Waals surface area contributed by atoms with Gasteiger partial charge in [0.2, 0.25) is 5.91 Å². The predicted octanol–water partition coefficient (Wildman–Crippen LogP) is 4.25. The van der Waals surface area contributed by atoms with Crippen molar-refractivity contribution >= 4 is 34.8 Å². The highest BCUT2D eigenvalue weighted by Gasteiger charge is 2.39. The summed E-state index contributed by atoms with van der Waals surface area (Å²) in [6.07, 6.45) is 8.88. The Hall–Kier alpha value is -3.41. The molecular formula is C36H51N7O4. The molecule has 1 aromatic carbocycles. The van der Waals surface area contributed by atoms with E-state index in [1.165, 1.54) is 45.6 Å². The normalized spacial score (nSPS) is 26.2. The lowest BCUT2D eigenvalue weighted by Crippen LogP contribution is -2.56. The Morgan fingerprint density at radius 1 is 0.957 bits per heavy atom. The Bertz CT molecular complexity index is 1430.